The molecule has 0 aromatic carbocycles. The lowest BCUT2D eigenvalue weighted by atomic mass is 10.0. The van der Waals surface area contributed by atoms with Crippen LogP contribution in [-0.2, 0) is 0 Å². The molecule has 1 aromatic rings. The summed E-state index contributed by atoms with van der Waals surface area (Å²) >= 11 is 1.71. The molecular weight excluding hydrogens is 168 g/mol. The van der Waals surface area contributed by atoms with Gasteiger partial charge in [-0.25, -0.2) is 0 Å². The minimum atomic E-state index is 0.216. The Morgan fingerprint density at radius 1 is 1.75 bits per heavy atom. The third-order valence-corrected chi connectivity index (χ3v) is 2.75. The highest BCUT2D eigenvalue weighted by molar-refractivity contribution is 7.08. The van der Waals surface area contributed by atoms with E-state index in [4.69, 9.17) is 5.84 Å². The van der Waals surface area contributed by atoms with Crippen molar-refractivity contribution >= 4 is 11.3 Å². The predicted molar refractivity (Wildman–Crippen MR) is 53.9 cm³/mol. The quantitative estimate of drug-likeness (QED) is 0.425. The molecule has 66 valence electrons. The zero-order chi connectivity index (χ0) is 8.97. The van der Waals surface area contributed by atoms with Crippen LogP contribution in [0.5, 0.6) is 0 Å². The van der Waals surface area contributed by atoms with Crippen molar-refractivity contribution in [2.75, 3.05) is 0 Å². The number of aryl methyl sites for hydroxylation is 1. The minimum Gasteiger partial charge on any atom is -0.271 e. The molecule has 0 fully saturated rings. The van der Waals surface area contributed by atoms with Crippen LogP contribution in [0.1, 0.15) is 23.6 Å². The van der Waals surface area contributed by atoms with E-state index in [2.05, 4.69) is 29.7 Å². The standard InChI is InChI=1S/C9H14N2S/c1-3-4-9(11-10)8-6-12-5-7(8)2/h3,5-6,9,11H,1,4,10H2,2H3. The number of nitrogens with two attached hydrogens (primary N) is 1. The zero-order valence-corrected chi connectivity index (χ0v) is 8.03. The van der Waals surface area contributed by atoms with Crippen LogP contribution in [0.4, 0.5) is 0 Å². The Hall–Kier alpha value is -0.640. The molecule has 1 aromatic heterocycles. The molecule has 0 saturated carbocycles. The molecule has 3 N–H and O–H groups in total. The van der Waals surface area contributed by atoms with Crippen molar-refractivity contribution in [3.05, 3.63) is 34.5 Å². The second-order valence-corrected chi connectivity index (χ2v) is 3.50. The van der Waals surface area contributed by atoms with Crippen LogP contribution in [0.15, 0.2) is 23.4 Å². The molecule has 1 atom stereocenters. The van der Waals surface area contributed by atoms with E-state index >= 15 is 0 Å². The number of hydrazine groups is 1. The van der Waals surface area contributed by atoms with E-state index in [0.29, 0.717) is 0 Å². The van der Waals surface area contributed by atoms with Gasteiger partial charge in [-0.2, -0.15) is 11.3 Å². The van der Waals surface area contributed by atoms with Crippen molar-refractivity contribution in [3.8, 4) is 0 Å². The Bertz CT molecular complexity index is 255. The Kier molecular flexibility index (Phi) is 3.47. The van der Waals surface area contributed by atoms with Gasteiger partial charge in [-0.3, -0.25) is 11.3 Å². The molecule has 0 radical (unpaired) electrons. The van der Waals surface area contributed by atoms with Crippen molar-refractivity contribution in [2.24, 2.45) is 5.84 Å². The van der Waals surface area contributed by atoms with Crippen LogP contribution < -0.4 is 11.3 Å². The first-order valence-corrected chi connectivity index (χ1v) is 4.83. The molecular formula is C9H14N2S. The third-order valence-electron chi connectivity index (χ3n) is 1.87. The maximum absolute atomic E-state index is 5.43. The first-order valence-electron chi connectivity index (χ1n) is 3.89. The van der Waals surface area contributed by atoms with E-state index in [9.17, 15) is 0 Å². The topological polar surface area (TPSA) is 38.0 Å². The summed E-state index contributed by atoms with van der Waals surface area (Å²) in [5.41, 5.74) is 5.36. The normalized spacial score (nSPS) is 12.8. The third kappa shape index (κ3) is 1.94. The number of hydrogen-bond donors (Lipinski definition) is 2. The van der Waals surface area contributed by atoms with Crippen LogP contribution >= 0.6 is 11.3 Å². The van der Waals surface area contributed by atoms with Gasteiger partial charge in [-0.1, -0.05) is 6.08 Å². The molecule has 1 unspecified atom stereocenters. The van der Waals surface area contributed by atoms with Gasteiger partial charge in [0.05, 0.1) is 6.04 Å². The van der Waals surface area contributed by atoms with E-state index < -0.39 is 0 Å². The van der Waals surface area contributed by atoms with Gasteiger partial charge < -0.3 is 0 Å². The van der Waals surface area contributed by atoms with Crippen LogP contribution in [0.25, 0.3) is 0 Å². The first kappa shape index (κ1) is 9.45. The summed E-state index contributed by atoms with van der Waals surface area (Å²) in [7, 11) is 0. The summed E-state index contributed by atoms with van der Waals surface area (Å²) in [6.45, 7) is 5.79. The van der Waals surface area contributed by atoms with Crippen LogP contribution in [-0.4, -0.2) is 0 Å². The second kappa shape index (κ2) is 4.40. The lowest BCUT2D eigenvalue weighted by Gasteiger charge is -2.13. The maximum Gasteiger partial charge on any atom is 0.0505 e. The fraction of sp³-hybridized carbons (Fsp3) is 0.333. The molecule has 0 spiro atoms. The van der Waals surface area contributed by atoms with Gasteiger partial charge in [0.25, 0.3) is 0 Å². The van der Waals surface area contributed by atoms with Gasteiger partial charge >= 0.3 is 0 Å². The average Bonchev–Trinajstić information content (AvgIpc) is 2.47. The van der Waals surface area contributed by atoms with Crippen LogP contribution in [0.3, 0.4) is 0 Å². The molecule has 0 amide bonds. The SMILES string of the molecule is C=CCC(NN)c1cscc1C. The summed E-state index contributed by atoms with van der Waals surface area (Å²) in [6, 6.07) is 0.216. The number of hydrogen-bond acceptors (Lipinski definition) is 3. The minimum absolute atomic E-state index is 0.216. The van der Waals surface area contributed by atoms with Gasteiger partial charge in [0.15, 0.2) is 0 Å². The van der Waals surface area contributed by atoms with Gasteiger partial charge in [0.1, 0.15) is 0 Å². The van der Waals surface area contributed by atoms with E-state index in [0.717, 1.165) is 6.42 Å². The monoisotopic (exact) mass is 182 g/mol. The lowest BCUT2D eigenvalue weighted by Crippen LogP contribution is -2.27. The highest BCUT2D eigenvalue weighted by Gasteiger charge is 2.10. The van der Waals surface area contributed by atoms with Crippen molar-refractivity contribution in [2.45, 2.75) is 19.4 Å². The van der Waals surface area contributed by atoms with E-state index in [1.165, 1.54) is 11.1 Å². The molecule has 3 heteroatoms. The average molecular weight is 182 g/mol. The molecule has 1 rings (SSSR count). The van der Waals surface area contributed by atoms with Crippen LogP contribution in [0, 0.1) is 6.92 Å². The van der Waals surface area contributed by atoms with Crippen LogP contribution in [0.2, 0.25) is 0 Å². The Morgan fingerprint density at radius 3 is 2.92 bits per heavy atom. The highest BCUT2D eigenvalue weighted by atomic mass is 32.1. The lowest BCUT2D eigenvalue weighted by molar-refractivity contribution is 0.561. The fourth-order valence-corrected chi connectivity index (χ4v) is 2.08. The molecule has 0 aliphatic rings. The van der Waals surface area contributed by atoms with Gasteiger partial charge in [-0.05, 0) is 35.2 Å². The van der Waals surface area contributed by atoms with E-state index in [1.807, 2.05) is 6.08 Å². The van der Waals surface area contributed by atoms with Crippen molar-refractivity contribution < 1.29 is 0 Å². The fourth-order valence-electron chi connectivity index (χ4n) is 1.18. The highest BCUT2D eigenvalue weighted by Crippen LogP contribution is 2.23. The van der Waals surface area contributed by atoms with E-state index in [-0.39, 0.29) is 6.04 Å². The molecule has 1 heterocycles. The Balaban J connectivity index is 2.78. The largest absolute Gasteiger partial charge is 0.271 e. The molecule has 12 heavy (non-hydrogen) atoms. The van der Waals surface area contributed by atoms with Gasteiger partial charge in [0, 0.05) is 0 Å². The summed E-state index contributed by atoms with van der Waals surface area (Å²) < 4.78 is 0. The molecule has 2 nitrogen and oxygen atoms in total. The van der Waals surface area contributed by atoms with E-state index in [1.54, 1.807) is 11.3 Å². The summed E-state index contributed by atoms with van der Waals surface area (Å²) in [5.74, 6) is 5.43. The summed E-state index contributed by atoms with van der Waals surface area (Å²) in [5, 5.41) is 4.26. The van der Waals surface area contributed by atoms with Gasteiger partial charge in [0.2, 0.25) is 0 Å². The maximum atomic E-state index is 5.43. The van der Waals surface area contributed by atoms with Crippen molar-refractivity contribution in [1.82, 2.24) is 5.43 Å². The number of rotatable bonds is 4. The van der Waals surface area contributed by atoms with Crippen molar-refractivity contribution in [1.29, 1.82) is 0 Å². The molecule has 0 bridgehead atoms. The Morgan fingerprint density at radius 2 is 2.50 bits per heavy atom. The number of thiophene rings is 1. The smallest absolute Gasteiger partial charge is 0.0505 e. The molecule has 0 saturated heterocycles. The predicted octanol–water partition coefficient (Wildman–Crippen LogP) is 2.14. The molecule has 0 aliphatic heterocycles. The van der Waals surface area contributed by atoms with Gasteiger partial charge in [-0.15, -0.1) is 6.58 Å². The summed E-state index contributed by atoms with van der Waals surface area (Å²) in [6.07, 6.45) is 2.75. The summed E-state index contributed by atoms with van der Waals surface area (Å²) in [4.78, 5) is 0. The first-order chi connectivity index (χ1) is 5.79. The van der Waals surface area contributed by atoms with Crippen molar-refractivity contribution in [3.63, 3.8) is 0 Å². The second-order valence-electron chi connectivity index (χ2n) is 2.75. The Labute approximate surface area is 77.1 Å². The molecule has 0 aliphatic carbocycles. The number of nitrogens with one attached hydrogen (secondary N) is 1. The zero-order valence-electron chi connectivity index (χ0n) is 7.21.